The predicted octanol–water partition coefficient (Wildman–Crippen LogP) is 3.77. The number of nitrogens with two attached hydrogens (primary N) is 1. The first-order valence-corrected chi connectivity index (χ1v) is 9.19. The van der Waals surface area contributed by atoms with Crippen molar-refractivity contribution in [3.8, 4) is 0 Å². The van der Waals surface area contributed by atoms with Crippen LogP contribution in [0.25, 0.3) is 0 Å². The van der Waals surface area contributed by atoms with E-state index in [0.29, 0.717) is 6.61 Å². The van der Waals surface area contributed by atoms with Gasteiger partial charge in [0.2, 0.25) is 5.91 Å². The lowest BCUT2D eigenvalue weighted by molar-refractivity contribution is -0.143. The van der Waals surface area contributed by atoms with Gasteiger partial charge in [0, 0.05) is 0 Å². The first kappa shape index (κ1) is 25.4. The highest BCUT2D eigenvalue weighted by atomic mass is 35.5. The first-order valence-electron chi connectivity index (χ1n) is 9.19. The lowest BCUT2D eigenvalue weighted by Gasteiger charge is -2.28. The lowest BCUT2D eigenvalue weighted by atomic mass is 9.78. The van der Waals surface area contributed by atoms with Gasteiger partial charge in [0.1, 0.15) is 0 Å². The molecule has 1 atom stereocenters. The summed E-state index contributed by atoms with van der Waals surface area (Å²) in [7, 11) is 0. The molecule has 27 heavy (non-hydrogen) atoms. The van der Waals surface area contributed by atoms with Gasteiger partial charge in [-0.25, -0.2) is 0 Å². The molecule has 1 rings (SSSR count). The van der Waals surface area contributed by atoms with Gasteiger partial charge in [-0.05, 0) is 34.4 Å². The number of esters is 1. The smallest absolute Gasteiger partial charge is 0.308 e. The summed E-state index contributed by atoms with van der Waals surface area (Å²) in [6.07, 6.45) is 0.0801. The average molecular weight is 399 g/mol. The van der Waals surface area contributed by atoms with E-state index in [-0.39, 0.29) is 48.1 Å². The Bertz CT molecular complexity index is 614. The minimum absolute atomic E-state index is 0. The minimum Gasteiger partial charge on any atom is -0.466 e. The van der Waals surface area contributed by atoms with Crippen molar-refractivity contribution in [2.75, 3.05) is 13.2 Å². The number of halogens is 1. The fraction of sp³-hybridized carbons (Fsp3) is 0.619. The molecule has 0 unspecified atom stereocenters. The van der Waals surface area contributed by atoms with E-state index < -0.39 is 6.04 Å². The molecule has 0 aliphatic rings. The molecule has 0 bridgehead atoms. The zero-order valence-corrected chi connectivity index (χ0v) is 18.5. The number of carbonyl (C=O) groups excluding carboxylic acids is 2. The van der Waals surface area contributed by atoms with Crippen LogP contribution < -0.4 is 11.1 Å². The van der Waals surface area contributed by atoms with E-state index in [0.717, 1.165) is 16.7 Å². The van der Waals surface area contributed by atoms with Gasteiger partial charge in [0.05, 0.1) is 25.6 Å². The fourth-order valence-electron chi connectivity index (χ4n) is 2.61. The van der Waals surface area contributed by atoms with Crippen molar-refractivity contribution in [1.29, 1.82) is 0 Å². The van der Waals surface area contributed by atoms with Gasteiger partial charge in [-0.2, -0.15) is 0 Å². The molecule has 0 heterocycles. The largest absolute Gasteiger partial charge is 0.466 e. The normalized spacial score (nSPS) is 12.7. The van der Waals surface area contributed by atoms with Gasteiger partial charge in [-0.15, -0.1) is 12.4 Å². The van der Waals surface area contributed by atoms with E-state index >= 15 is 0 Å². The first-order chi connectivity index (χ1) is 11.9. The number of carbonyl (C=O) groups is 2. The average Bonchev–Trinajstić information content (AvgIpc) is 2.52. The second-order valence-corrected chi connectivity index (χ2v) is 8.68. The molecule has 0 radical (unpaired) electrons. The molecule has 0 aliphatic heterocycles. The standard InChI is InChI=1S/C21H34N2O3.ClH/c1-8-26-19(25)12-17(23-18(24)13-22)14-9-15(20(2,3)4)11-16(10-14)21(5,6)7;/h9-11,17H,8,12-13,22H2,1-7H3,(H,23,24);1H/t17-;/m0./s1. The Morgan fingerprint density at radius 3 is 1.89 bits per heavy atom. The summed E-state index contributed by atoms with van der Waals surface area (Å²) in [4.78, 5) is 24.0. The van der Waals surface area contributed by atoms with Crippen LogP contribution in [0.15, 0.2) is 18.2 Å². The molecule has 0 spiro atoms. The van der Waals surface area contributed by atoms with Crippen molar-refractivity contribution < 1.29 is 14.3 Å². The van der Waals surface area contributed by atoms with E-state index in [4.69, 9.17) is 10.5 Å². The number of rotatable bonds is 6. The number of hydrogen-bond acceptors (Lipinski definition) is 4. The molecule has 0 aromatic heterocycles. The maximum absolute atomic E-state index is 12.1. The molecule has 5 nitrogen and oxygen atoms in total. The Morgan fingerprint density at radius 2 is 1.52 bits per heavy atom. The molecular formula is C21H35ClN2O3. The second-order valence-electron chi connectivity index (χ2n) is 8.68. The summed E-state index contributed by atoms with van der Waals surface area (Å²) in [5, 5.41) is 2.86. The number of benzene rings is 1. The number of amides is 1. The topological polar surface area (TPSA) is 81.4 Å². The summed E-state index contributed by atoms with van der Waals surface area (Å²) in [6, 6.07) is 5.87. The molecule has 1 amide bonds. The Labute approximate surface area is 169 Å². The van der Waals surface area contributed by atoms with E-state index in [1.54, 1.807) is 6.92 Å². The van der Waals surface area contributed by atoms with E-state index in [1.807, 2.05) is 0 Å². The third-order valence-electron chi connectivity index (χ3n) is 4.29. The maximum atomic E-state index is 12.1. The highest BCUT2D eigenvalue weighted by Gasteiger charge is 2.25. The van der Waals surface area contributed by atoms with Crippen LogP contribution in [0.3, 0.4) is 0 Å². The molecule has 0 aliphatic carbocycles. The number of nitrogens with one attached hydrogen (secondary N) is 1. The fourth-order valence-corrected chi connectivity index (χ4v) is 2.61. The summed E-state index contributed by atoms with van der Waals surface area (Å²) < 4.78 is 5.08. The van der Waals surface area contributed by atoms with Crippen LogP contribution in [0.5, 0.6) is 0 Å². The second kappa shape index (κ2) is 10.1. The zero-order valence-electron chi connectivity index (χ0n) is 17.6. The molecule has 0 fully saturated rings. The molecule has 154 valence electrons. The third-order valence-corrected chi connectivity index (χ3v) is 4.29. The molecule has 1 aromatic carbocycles. The van der Waals surface area contributed by atoms with Crippen molar-refractivity contribution in [1.82, 2.24) is 5.32 Å². The summed E-state index contributed by atoms with van der Waals surface area (Å²) in [6.45, 7) is 14.9. The molecule has 0 saturated carbocycles. The van der Waals surface area contributed by atoms with E-state index in [9.17, 15) is 9.59 Å². The maximum Gasteiger partial charge on any atom is 0.308 e. The van der Waals surface area contributed by atoms with E-state index in [1.165, 1.54) is 0 Å². The molecule has 6 heteroatoms. The monoisotopic (exact) mass is 398 g/mol. The Balaban J connectivity index is 0.00000676. The molecule has 1 aromatic rings. The van der Waals surface area contributed by atoms with Gasteiger partial charge in [-0.1, -0.05) is 59.7 Å². The highest BCUT2D eigenvalue weighted by molar-refractivity contribution is 5.85. The number of hydrogen-bond donors (Lipinski definition) is 2. The van der Waals surface area contributed by atoms with Crippen molar-refractivity contribution in [3.63, 3.8) is 0 Å². The minimum atomic E-state index is -0.464. The zero-order chi connectivity index (χ0) is 20.1. The predicted molar refractivity (Wildman–Crippen MR) is 112 cm³/mol. The molecule has 3 N–H and O–H groups in total. The summed E-state index contributed by atoms with van der Waals surface area (Å²) in [5.41, 5.74) is 8.58. The van der Waals surface area contributed by atoms with Crippen molar-refractivity contribution >= 4 is 24.3 Å². The van der Waals surface area contributed by atoms with Gasteiger partial charge < -0.3 is 15.8 Å². The Hall–Kier alpha value is -1.59. The summed E-state index contributed by atoms with van der Waals surface area (Å²) >= 11 is 0. The SMILES string of the molecule is CCOC(=O)C[C@H](NC(=O)CN)c1cc(C(C)(C)C)cc(C(C)(C)C)c1.Cl. The van der Waals surface area contributed by atoms with Crippen molar-refractivity contribution in [3.05, 3.63) is 34.9 Å². The van der Waals surface area contributed by atoms with Gasteiger partial charge >= 0.3 is 5.97 Å². The van der Waals surface area contributed by atoms with Crippen LogP contribution in [0.1, 0.15) is 77.6 Å². The van der Waals surface area contributed by atoms with Gasteiger partial charge in [0.25, 0.3) is 0 Å². The van der Waals surface area contributed by atoms with Crippen LogP contribution >= 0.6 is 12.4 Å². The van der Waals surface area contributed by atoms with Crippen LogP contribution in [0.4, 0.5) is 0 Å². The molecule has 0 saturated heterocycles. The lowest BCUT2D eigenvalue weighted by Crippen LogP contribution is -2.35. The number of ether oxygens (including phenoxy) is 1. The quantitative estimate of drug-likeness (QED) is 0.714. The van der Waals surface area contributed by atoms with Crippen molar-refractivity contribution in [2.24, 2.45) is 5.73 Å². The van der Waals surface area contributed by atoms with Gasteiger partial charge in [-0.3, -0.25) is 9.59 Å². The highest BCUT2D eigenvalue weighted by Crippen LogP contribution is 2.33. The molecular weight excluding hydrogens is 364 g/mol. The Kier molecular flexibility index (Phi) is 9.50. The summed E-state index contributed by atoms with van der Waals surface area (Å²) in [5.74, 6) is -0.633. The van der Waals surface area contributed by atoms with Crippen LogP contribution in [-0.2, 0) is 25.2 Å². The van der Waals surface area contributed by atoms with Gasteiger partial charge in [0.15, 0.2) is 0 Å². The third kappa shape index (κ3) is 7.89. The van der Waals surface area contributed by atoms with Crippen LogP contribution in [0, 0.1) is 0 Å². The van der Waals surface area contributed by atoms with Crippen molar-refractivity contribution in [2.45, 2.75) is 71.8 Å². The van der Waals surface area contributed by atoms with Crippen LogP contribution in [-0.4, -0.2) is 25.0 Å². The van der Waals surface area contributed by atoms with E-state index in [2.05, 4.69) is 65.1 Å². The Morgan fingerprint density at radius 1 is 1.04 bits per heavy atom. The van der Waals surface area contributed by atoms with Crippen LogP contribution in [0.2, 0.25) is 0 Å².